The zero-order valence-corrected chi connectivity index (χ0v) is 16.6. The van der Waals surface area contributed by atoms with Gasteiger partial charge in [-0.1, -0.05) is 42.5 Å². The van der Waals surface area contributed by atoms with E-state index < -0.39 is 0 Å². The molecule has 146 valence electrons. The SMILES string of the molecule is N#Cc1ccc2c(c1)CCCC2Nc1ccc2[nH]nc(/C=C/c3ccccc3)c2c1. The Morgan fingerprint density at radius 1 is 1.03 bits per heavy atom. The first kappa shape index (κ1) is 18.2. The monoisotopic (exact) mass is 390 g/mol. The highest BCUT2D eigenvalue weighted by atomic mass is 15.1. The molecule has 30 heavy (non-hydrogen) atoms. The fraction of sp³-hybridized carbons (Fsp3) is 0.154. The van der Waals surface area contributed by atoms with Gasteiger partial charge in [0.25, 0.3) is 0 Å². The number of nitrogens with zero attached hydrogens (tertiary/aromatic N) is 2. The molecule has 4 heteroatoms. The number of rotatable bonds is 4. The van der Waals surface area contributed by atoms with Crippen LogP contribution in [0.25, 0.3) is 23.1 Å². The lowest BCUT2D eigenvalue weighted by Gasteiger charge is -2.27. The van der Waals surface area contributed by atoms with Gasteiger partial charge in [0.2, 0.25) is 0 Å². The topological polar surface area (TPSA) is 64.5 Å². The first-order valence-electron chi connectivity index (χ1n) is 10.3. The molecule has 0 spiro atoms. The normalized spacial score (nSPS) is 15.8. The van der Waals surface area contributed by atoms with Crippen LogP contribution in [0.15, 0.2) is 66.7 Å². The summed E-state index contributed by atoms with van der Waals surface area (Å²) in [7, 11) is 0. The highest BCUT2D eigenvalue weighted by Crippen LogP contribution is 2.34. The minimum atomic E-state index is 0.258. The highest BCUT2D eigenvalue weighted by molar-refractivity contribution is 5.91. The lowest BCUT2D eigenvalue weighted by Crippen LogP contribution is -2.17. The molecule has 1 atom stereocenters. The number of aryl methyl sites for hydroxylation is 1. The lowest BCUT2D eigenvalue weighted by atomic mass is 9.86. The minimum absolute atomic E-state index is 0.258. The number of fused-ring (bicyclic) bond motifs is 2. The van der Waals surface area contributed by atoms with Crippen LogP contribution in [0, 0.1) is 11.3 Å². The minimum Gasteiger partial charge on any atom is -0.378 e. The molecule has 1 unspecified atom stereocenters. The summed E-state index contributed by atoms with van der Waals surface area (Å²) >= 11 is 0. The first-order chi connectivity index (χ1) is 14.8. The molecule has 0 aliphatic heterocycles. The van der Waals surface area contributed by atoms with Gasteiger partial charge >= 0.3 is 0 Å². The van der Waals surface area contributed by atoms with Crippen LogP contribution in [0.1, 0.15) is 46.8 Å². The third kappa shape index (κ3) is 3.58. The van der Waals surface area contributed by atoms with E-state index in [1.165, 1.54) is 11.1 Å². The van der Waals surface area contributed by atoms with Crippen molar-refractivity contribution in [2.45, 2.75) is 25.3 Å². The van der Waals surface area contributed by atoms with E-state index in [-0.39, 0.29) is 6.04 Å². The lowest BCUT2D eigenvalue weighted by molar-refractivity contribution is 0.600. The van der Waals surface area contributed by atoms with Crippen molar-refractivity contribution in [2.24, 2.45) is 0 Å². The largest absolute Gasteiger partial charge is 0.378 e. The van der Waals surface area contributed by atoms with Crippen LogP contribution in [-0.2, 0) is 6.42 Å². The van der Waals surface area contributed by atoms with E-state index in [0.717, 1.165) is 52.7 Å². The van der Waals surface area contributed by atoms with Crippen molar-refractivity contribution in [3.8, 4) is 6.07 Å². The summed E-state index contributed by atoms with van der Waals surface area (Å²) in [4.78, 5) is 0. The zero-order chi connectivity index (χ0) is 20.3. The van der Waals surface area contributed by atoms with Crippen molar-refractivity contribution in [3.05, 3.63) is 94.7 Å². The van der Waals surface area contributed by atoms with E-state index in [2.05, 4.69) is 70.1 Å². The van der Waals surface area contributed by atoms with Gasteiger partial charge in [0.15, 0.2) is 0 Å². The number of benzene rings is 3. The summed E-state index contributed by atoms with van der Waals surface area (Å²) < 4.78 is 0. The molecular formula is C26H22N4. The fourth-order valence-electron chi connectivity index (χ4n) is 4.23. The number of nitrogens with one attached hydrogen (secondary N) is 2. The van der Waals surface area contributed by atoms with E-state index in [0.29, 0.717) is 0 Å². The molecule has 0 bridgehead atoms. The summed E-state index contributed by atoms with van der Waals surface area (Å²) in [6.07, 6.45) is 7.39. The Labute approximate surface area is 175 Å². The maximum Gasteiger partial charge on any atom is 0.0991 e. The Morgan fingerprint density at radius 3 is 2.80 bits per heavy atom. The molecule has 0 saturated carbocycles. The standard InChI is InChI=1S/C26H22N4/c27-17-19-9-12-22-20(15-19)7-4-8-24(22)28-21-11-14-26-23(16-21)25(29-30-26)13-10-18-5-2-1-3-6-18/h1-3,5-6,9-16,24,28H,4,7-8H2,(H,29,30)/b13-10+. The van der Waals surface area contributed by atoms with Crippen LogP contribution in [0.2, 0.25) is 0 Å². The third-order valence-electron chi connectivity index (χ3n) is 5.75. The van der Waals surface area contributed by atoms with Crippen LogP contribution in [0.4, 0.5) is 5.69 Å². The molecule has 0 amide bonds. The number of hydrogen-bond donors (Lipinski definition) is 2. The first-order valence-corrected chi connectivity index (χ1v) is 10.3. The second-order valence-corrected chi connectivity index (χ2v) is 7.73. The summed E-state index contributed by atoms with van der Waals surface area (Å²) in [6, 6.07) is 25.2. The maximum absolute atomic E-state index is 9.18. The molecule has 1 aliphatic rings. The average Bonchev–Trinajstić information content (AvgIpc) is 3.20. The van der Waals surface area contributed by atoms with Crippen molar-refractivity contribution in [1.82, 2.24) is 10.2 Å². The average molecular weight is 390 g/mol. The van der Waals surface area contributed by atoms with E-state index in [4.69, 9.17) is 0 Å². The van der Waals surface area contributed by atoms with Crippen molar-refractivity contribution in [1.29, 1.82) is 5.26 Å². The molecule has 5 rings (SSSR count). The number of nitriles is 1. The highest BCUT2D eigenvalue weighted by Gasteiger charge is 2.20. The maximum atomic E-state index is 9.18. The van der Waals surface area contributed by atoms with Gasteiger partial charge in [-0.25, -0.2) is 0 Å². The van der Waals surface area contributed by atoms with Crippen LogP contribution in [-0.4, -0.2) is 10.2 Å². The molecule has 0 radical (unpaired) electrons. The van der Waals surface area contributed by atoms with E-state index in [1.54, 1.807) is 0 Å². The summed E-state index contributed by atoms with van der Waals surface area (Å²) in [5, 5.41) is 21.6. The van der Waals surface area contributed by atoms with E-state index in [1.807, 2.05) is 30.3 Å². The summed E-state index contributed by atoms with van der Waals surface area (Å²) in [5.41, 5.74) is 7.52. The van der Waals surface area contributed by atoms with Gasteiger partial charge < -0.3 is 5.32 Å². The van der Waals surface area contributed by atoms with E-state index in [9.17, 15) is 5.26 Å². The number of H-pyrrole nitrogens is 1. The quantitative estimate of drug-likeness (QED) is 0.443. The van der Waals surface area contributed by atoms with Gasteiger partial charge in [-0.3, -0.25) is 5.10 Å². The molecule has 2 N–H and O–H groups in total. The molecule has 4 aromatic rings. The van der Waals surface area contributed by atoms with Crippen molar-refractivity contribution in [3.63, 3.8) is 0 Å². The zero-order valence-electron chi connectivity index (χ0n) is 16.6. The Hall–Kier alpha value is -3.84. The summed E-state index contributed by atoms with van der Waals surface area (Å²) in [5.74, 6) is 0. The second kappa shape index (κ2) is 7.88. The molecular weight excluding hydrogens is 368 g/mol. The number of aromatic amines is 1. The van der Waals surface area contributed by atoms with Crippen LogP contribution in [0.5, 0.6) is 0 Å². The number of anilines is 1. The van der Waals surface area contributed by atoms with Gasteiger partial charge in [-0.05, 0) is 72.4 Å². The van der Waals surface area contributed by atoms with Crippen molar-refractivity contribution in [2.75, 3.05) is 5.32 Å². The molecule has 1 heterocycles. The van der Waals surface area contributed by atoms with Gasteiger partial charge in [0.05, 0.1) is 28.9 Å². The van der Waals surface area contributed by atoms with E-state index >= 15 is 0 Å². The fourth-order valence-corrected chi connectivity index (χ4v) is 4.23. The molecule has 1 aromatic heterocycles. The third-order valence-corrected chi connectivity index (χ3v) is 5.75. The van der Waals surface area contributed by atoms with Gasteiger partial charge in [0.1, 0.15) is 0 Å². The smallest absolute Gasteiger partial charge is 0.0991 e. The molecule has 0 saturated heterocycles. The molecule has 0 fully saturated rings. The molecule has 1 aliphatic carbocycles. The van der Waals surface area contributed by atoms with Crippen LogP contribution < -0.4 is 5.32 Å². The van der Waals surface area contributed by atoms with Gasteiger partial charge in [-0.2, -0.15) is 10.4 Å². The van der Waals surface area contributed by atoms with Gasteiger partial charge in [0, 0.05) is 11.1 Å². The Balaban J connectivity index is 1.43. The van der Waals surface area contributed by atoms with Crippen LogP contribution in [0.3, 0.4) is 0 Å². The Morgan fingerprint density at radius 2 is 1.93 bits per heavy atom. The molecule has 3 aromatic carbocycles. The van der Waals surface area contributed by atoms with Gasteiger partial charge in [-0.15, -0.1) is 0 Å². The number of aromatic nitrogens is 2. The predicted molar refractivity (Wildman–Crippen MR) is 122 cm³/mol. The second-order valence-electron chi connectivity index (χ2n) is 7.73. The Bertz CT molecular complexity index is 1260. The van der Waals surface area contributed by atoms with Crippen LogP contribution >= 0.6 is 0 Å². The van der Waals surface area contributed by atoms with Crippen molar-refractivity contribution >= 4 is 28.7 Å². The summed E-state index contributed by atoms with van der Waals surface area (Å²) in [6.45, 7) is 0. The number of hydrogen-bond acceptors (Lipinski definition) is 3. The molecule has 4 nitrogen and oxygen atoms in total. The predicted octanol–water partition coefficient (Wildman–Crippen LogP) is 6.09. The Kier molecular flexibility index (Phi) is 4.78. The van der Waals surface area contributed by atoms with Crippen molar-refractivity contribution < 1.29 is 0 Å².